The number of ether oxygens (including phenoxy) is 1. The fraction of sp³-hybridized carbons (Fsp3) is 0.571. The van der Waals surface area contributed by atoms with Crippen LogP contribution in [0.3, 0.4) is 0 Å². The van der Waals surface area contributed by atoms with Crippen LogP contribution in [0.2, 0.25) is 0 Å². The van der Waals surface area contributed by atoms with Crippen LogP contribution in [0.5, 0.6) is 0 Å². The zero-order valence-electron chi connectivity index (χ0n) is 12.5. The Balaban J connectivity index is 2.40. The number of anilines is 1. The Morgan fingerprint density at radius 3 is 2.57 bits per heavy atom. The van der Waals surface area contributed by atoms with Crippen molar-refractivity contribution in [3.8, 4) is 0 Å². The first-order valence-corrected chi connectivity index (χ1v) is 8.33. The summed E-state index contributed by atoms with van der Waals surface area (Å²) in [6.07, 6.45) is -0.769. The fourth-order valence-corrected chi connectivity index (χ4v) is 4.20. The third-order valence-electron chi connectivity index (χ3n) is 3.74. The molecule has 0 radical (unpaired) electrons. The molecule has 1 fully saturated rings. The van der Waals surface area contributed by atoms with E-state index in [0.29, 0.717) is 0 Å². The van der Waals surface area contributed by atoms with Gasteiger partial charge in [0, 0.05) is 13.1 Å². The van der Waals surface area contributed by atoms with E-state index in [4.69, 9.17) is 10.5 Å². The number of aliphatic hydroxyl groups is 1. The molecular weight excluding hydrogens is 292 g/mol. The second-order valence-electron chi connectivity index (χ2n) is 5.55. The maximum atomic E-state index is 12.8. The molecule has 0 amide bonds. The Morgan fingerprint density at radius 1 is 1.33 bits per heavy atom. The Labute approximate surface area is 125 Å². The summed E-state index contributed by atoms with van der Waals surface area (Å²) in [5.41, 5.74) is 7.98. The van der Waals surface area contributed by atoms with Crippen molar-refractivity contribution in [2.24, 2.45) is 0 Å². The van der Waals surface area contributed by atoms with Crippen LogP contribution in [-0.2, 0) is 14.8 Å². The van der Waals surface area contributed by atoms with Crippen LogP contribution in [0.4, 0.5) is 5.69 Å². The molecular formula is C14H22N2O4S. The number of benzene rings is 1. The van der Waals surface area contributed by atoms with E-state index >= 15 is 0 Å². The smallest absolute Gasteiger partial charge is 0.245 e. The third-order valence-corrected chi connectivity index (χ3v) is 5.63. The van der Waals surface area contributed by atoms with E-state index in [1.807, 2.05) is 13.8 Å². The molecule has 3 N–H and O–H groups in total. The maximum absolute atomic E-state index is 12.8. The largest absolute Gasteiger partial charge is 0.398 e. The highest BCUT2D eigenvalue weighted by Gasteiger charge is 2.34. The normalized spacial score (nSPS) is 24.2. The van der Waals surface area contributed by atoms with Crippen LogP contribution in [0.25, 0.3) is 0 Å². The molecule has 21 heavy (non-hydrogen) atoms. The summed E-state index contributed by atoms with van der Waals surface area (Å²) in [5, 5.41) is 9.23. The molecule has 0 aromatic heterocycles. The summed E-state index contributed by atoms with van der Waals surface area (Å²) in [7, 11) is -3.69. The lowest BCUT2D eigenvalue weighted by molar-refractivity contribution is -0.0750. The van der Waals surface area contributed by atoms with Gasteiger partial charge in [-0.05, 0) is 44.0 Å². The summed E-state index contributed by atoms with van der Waals surface area (Å²) in [6.45, 7) is 5.71. The van der Waals surface area contributed by atoms with Gasteiger partial charge in [0.15, 0.2) is 0 Å². The van der Waals surface area contributed by atoms with Crippen LogP contribution in [0.15, 0.2) is 17.0 Å². The van der Waals surface area contributed by atoms with Gasteiger partial charge in [-0.3, -0.25) is 0 Å². The van der Waals surface area contributed by atoms with E-state index < -0.39 is 16.1 Å². The van der Waals surface area contributed by atoms with Gasteiger partial charge in [0.1, 0.15) is 4.90 Å². The van der Waals surface area contributed by atoms with Gasteiger partial charge < -0.3 is 15.6 Å². The van der Waals surface area contributed by atoms with Crippen molar-refractivity contribution >= 4 is 15.7 Å². The number of aliphatic hydroxyl groups excluding tert-OH is 1. The molecule has 2 atom stereocenters. The second-order valence-corrected chi connectivity index (χ2v) is 7.45. The Morgan fingerprint density at radius 2 is 1.95 bits per heavy atom. The first-order valence-electron chi connectivity index (χ1n) is 6.89. The van der Waals surface area contributed by atoms with E-state index in [0.717, 1.165) is 11.1 Å². The minimum Gasteiger partial charge on any atom is -0.398 e. The average molecular weight is 314 g/mol. The predicted octanol–water partition coefficient (Wildman–Crippen LogP) is 0.656. The molecule has 1 aromatic rings. The zero-order chi connectivity index (χ0) is 15.8. The molecule has 1 aromatic carbocycles. The Hall–Kier alpha value is -1.15. The zero-order valence-corrected chi connectivity index (χ0v) is 13.4. The highest BCUT2D eigenvalue weighted by Crippen LogP contribution is 2.27. The standard InChI is InChI=1S/C14H22N2O4S/c1-9-4-13(15)14(5-10(9)2)21(18,19)16-6-11(3)20-12(7-16)8-17/h4-5,11-12,17H,6-8,15H2,1-3H3. The van der Waals surface area contributed by atoms with Crippen molar-refractivity contribution in [2.75, 3.05) is 25.4 Å². The molecule has 2 unspecified atom stereocenters. The molecule has 1 heterocycles. The lowest BCUT2D eigenvalue weighted by atomic mass is 10.1. The van der Waals surface area contributed by atoms with Gasteiger partial charge in [-0.2, -0.15) is 4.31 Å². The molecule has 1 aliphatic rings. The van der Waals surface area contributed by atoms with Crippen LogP contribution < -0.4 is 5.73 Å². The summed E-state index contributed by atoms with van der Waals surface area (Å²) in [4.78, 5) is 0.122. The summed E-state index contributed by atoms with van der Waals surface area (Å²) in [5.74, 6) is 0. The van der Waals surface area contributed by atoms with Crippen molar-refractivity contribution in [1.82, 2.24) is 4.31 Å². The van der Waals surface area contributed by atoms with Gasteiger partial charge >= 0.3 is 0 Å². The average Bonchev–Trinajstić information content (AvgIpc) is 2.41. The van der Waals surface area contributed by atoms with Crippen molar-refractivity contribution in [3.05, 3.63) is 23.3 Å². The molecule has 118 valence electrons. The number of nitrogen functional groups attached to an aromatic ring is 1. The first-order chi connectivity index (χ1) is 9.75. The monoisotopic (exact) mass is 314 g/mol. The van der Waals surface area contributed by atoms with E-state index in [1.165, 1.54) is 4.31 Å². The van der Waals surface area contributed by atoms with Gasteiger partial charge in [0.2, 0.25) is 10.0 Å². The molecule has 2 rings (SSSR count). The van der Waals surface area contributed by atoms with Crippen LogP contribution in [-0.4, -0.2) is 49.7 Å². The fourth-order valence-electron chi connectivity index (χ4n) is 2.47. The van der Waals surface area contributed by atoms with Gasteiger partial charge in [-0.1, -0.05) is 0 Å². The topological polar surface area (TPSA) is 92.9 Å². The highest BCUT2D eigenvalue weighted by molar-refractivity contribution is 7.89. The Bertz CT molecular complexity index is 630. The summed E-state index contributed by atoms with van der Waals surface area (Å²) < 4.78 is 32.4. The lowest BCUT2D eigenvalue weighted by Gasteiger charge is -2.35. The van der Waals surface area contributed by atoms with Crippen LogP contribution in [0.1, 0.15) is 18.1 Å². The predicted molar refractivity (Wildman–Crippen MR) is 80.5 cm³/mol. The number of sulfonamides is 1. The van der Waals surface area contributed by atoms with Crippen LogP contribution >= 0.6 is 0 Å². The van der Waals surface area contributed by atoms with Gasteiger partial charge in [-0.15, -0.1) is 0 Å². The van der Waals surface area contributed by atoms with Gasteiger partial charge in [0.25, 0.3) is 0 Å². The first kappa shape index (κ1) is 16.2. The number of nitrogens with two attached hydrogens (primary N) is 1. The summed E-state index contributed by atoms with van der Waals surface area (Å²) >= 11 is 0. The van der Waals surface area contributed by atoms with Crippen molar-refractivity contribution in [2.45, 2.75) is 37.9 Å². The summed E-state index contributed by atoms with van der Waals surface area (Å²) in [6, 6.07) is 3.28. The van der Waals surface area contributed by atoms with Crippen molar-refractivity contribution in [3.63, 3.8) is 0 Å². The molecule has 1 saturated heterocycles. The Kier molecular flexibility index (Phi) is 4.57. The SMILES string of the molecule is Cc1cc(N)c(S(=O)(=O)N2CC(C)OC(CO)C2)cc1C. The number of rotatable bonds is 3. The van der Waals surface area contributed by atoms with E-state index in [-0.39, 0.29) is 36.4 Å². The molecule has 1 aliphatic heterocycles. The van der Waals surface area contributed by atoms with Crippen LogP contribution in [0, 0.1) is 13.8 Å². The minimum absolute atomic E-state index is 0.122. The molecule has 0 bridgehead atoms. The number of aryl methyl sites for hydroxylation is 2. The quantitative estimate of drug-likeness (QED) is 0.799. The molecule has 0 saturated carbocycles. The molecule has 6 nitrogen and oxygen atoms in total. The van der Waals surface area contributed by atoms with Crippen molar-refractivity contribution in [1.29, 1.82) is 0 Å². The number of hydrogen-bond donors (Lipinski definition) is 2. The third kappa shape index (κ3) is 3.21. The lowest BCUT2D eigenvalue weighted by Crippen LogP contribution is -2.50. The maximum Gasteiger partial charge on any atom is 0.245 e. The van der Waals surface area contributed by atoms with Gasteiger partial charge in [0.05, 0.1) is 24.5 Å². The molecule has 0 spiro atoms. The minimum atomic E-state index is -3.69. The molecule has 7 heteroatoms. The van der Waals surface area contributed by atoms with Crippen molar-refractivity contribution < 1.29 is 18.3 Å². The highest BCUT2D eigenvalue weighted by atomic mass is 32.2. The molecule has 0 aliphatic carbocycles. The number of hydrogen-bond acceptors (Lipinski definition) is 5. The number of nitrogens with zero attached hydrogens (tertiary/aromatic N) is 1. The second kappa shape index (κ2) is 5.92. The number of morpholine rings is 1. The van der Waals surface area contributed by atoms with E-state index in [1.54, 1.807) is 19.1 Å². The van der Waals surface area contributed by atoms with E-state index in [9.17, 15) is 13.5 Å². The van der Waals surface area contributed by atoms with Gasteiger partial charge in [-0.25, -0.2) is 8.42 Å². The van der Waals surface area contributed by atoms with E-state index in [2.05, 4.69) is 0 Å².